The quantitative estimate of drug-likeness (QED) is 0.293. The first-order valence-corrected chi connectivity index (χ1v) is 13.2. The van der Waals surface area contributed by atoms with Crippen LogP contribution in [0.2, 0.25) is 0 Å². The van der Waals surface area contributed by atoms with Gasteiger partial charge < -0.3 is 15.2 Å². The fraction of sp³-hybridized carbons (Fsp3) is 0.464. The fourth-order valence-corrected chi connectivity index (χ4v) is 4.70. The van der Waals surface area contributed by atoms with E-state index in [9.17, 15) is 14.7 Å². The van der Waals surface area contributed by atoms with Gasteiger partial charge in [-0.1, -0.05) is 46.3 Å². The van der Waals surface area contributed by atoms with Gasteiger partial charge in [-0.25, -0.2) is 4.68 Å². The molecule has 1 aliphatic rings. The fourth-order valence-electron chi connectivity index (χ4n) is 3.75. The normalized spacial score (nSPS) is 17.0. The van der Waals surface area contributed by atoms with E-state index >= 15 is 0 Å². The molecule has 7 nitrogen and oxygen atoms in total. The van der Waals surface area contributed by atoms with Crippen LogP contribution in [0.3, 0.4) is 0 Å². The zero-order valence-electron chi connectivity index (χ0n) is 22.2. The SMILES string of the molecule is CCCCOc1c(C)c(C(=O)NC2=CC=CC(C)C2(C)C)nn1-c1ccc(SC(C)(C)C(=O)O)cc1. The molecule has 2 aromatic rings. The van der Waals surface area contributed by atoms with Crippen molar-refractivity contribution >= 4 is 23.6 Å². The van der Waals surface area contributed by atoms with E-state index < -0.39 is 10.7 Å². The molecule has 194 valence electrons. The summed E-state index contributed by atoms with van der Waals surface area (Å²) in [6.45, 7) is 14.2. The van der Waals surface area contributed by atoms with Crippen LogP contribution in [0, 0.1) is 18.3 Å². The molecule has 1 aliphatic carbocycles. The highest BCUT2D eigenvalue weighted by Crippen LogP contribution is 2.37. The zero-order chi connectivity index (χ0) is 26.7. The summed E-state index contributed by atoms with van der Waals surface area (Å²) in [4.78, 5) is 25.7. The lowest BCUT2D eigenvalue weighted by Gasteiger charge is -2.35. The van der Waals surface area contributed by atoms with Crippen molar-refractivity contribution in [1.29, 1.82) is 0 Å². The van der Waals surface area contributed by atoms with Crippen LogP contribution in [0.4, 0.5) is 0 Å². The second-order valence-corrected chi connectivity index (χ2v) is 11.9. The number of ether oxygens (including phenoxy) is 1. The number of nitrogens with zero attached hydrogens (tertiary/aromatic N) is 2. The summed E-state index contributed by atoms with van der Waals surface area (Å²) in [5, 5.41) is 17.2. The van der Waals surface area contributed by atoms with Gasteiger partial charge in [-0.2, -0.15) is 5.10 Å². The van der Waals surface area contributed by atoms with E-state index in [2.05, 4.69) is 44.2 Å². The summed E-state index contributed by atoms with van der Waals surface area (Å²) in [7, 11) is 0. The number of hydrogen-bond acceptors (Lipinski definition) is 5. The van der Waals surface area contributed by atoms with E-state index in [1.807, 2.05) is 43.3 Å². The number of benzene rings is 1. The topological polar surface area (TPSA) is 93.5 Å². The number of carboxylic acids is 1. The van der Waals surface area contributed by atoms with E-state index in [-0.39, 0.29) is 17.2 Å². The second kappa shape index (κ2) is 10.9. The van der Waals surface area contributed by atoms with E-state index in [1.54, 1.807) is 18.5 Å². The Morgan fingerprint density at radius 2 is 1.92 bits per heavy atom. The molecule has 36 heavy (non-hydrogen) atoms. The highest BCUT2D eigenvalue weighted by atomic mass is 32.2. The van der Waals surface area contributed by atoms with Crippen molar-refractivity contribution in [2.45, 2.75) is 71.0 Å². The number of allylic oxidation sites excluding steroid dienone is 4. The predicted molar refractivity (Wildman–Crippen MR) is 144 cm³/mol. The highest BCUT2D eigenvalue weighted by molar-refractivity contribution is 8.01. The van der Waals surface area contributed by atoms with E-state index in [4.69, 9.17) is 4.74 Å². The Morgan fingerprint density at radius 3 is 2.53 bits per heavy atom. The van der Waals surface area contributed by atoms with Gasteiger partial charge in [0.2, 0.25) is 5.88 Å². The maximum Gasteiger partial charge on any atom is 0.319 e. The molecule has 8 heteroatoms. The standard InChI is InChI=1S/C28H37N3O4S/c1-8-9-17-35-25-19(3)23(24(32)29-22-12-10-11-18(2)27(22,4)5)30-31(25)20-13-15-21(16-14-20)36-28(6,7)26(33)34/h10-16,18H,8-9,17H2,1-7H3,(H,29,32)(H,33,34). The van der Waals surface area contributed by atoms with Gasteiger partial charge in [0, 0.05) is 21.6 Å². The Hall–Kier alpha value is -3.00. The minimum atomic E-state index is -0.947. The predicted octanol–water partition coefficient (Wildman–Crippen LogP) is 6.16. The van der Waals surface area contributed by atoms with Crippen LogP contribution in [-0.4, -0.2) is 38.1 Å². The van der Waals surface area contributed by atoms with Gasteiger partial charge in [0.1, 0.15) is 4.75 Å². The average Bonchev–Trinajstić information content (AvgIpc) is 3.14. The molecule has 0 saturated carbocycles. The third kappa shape index (κ3) is 5.86. The number of aliphatic carboxylic acids is 1. The van der Waals surface area contributed by atoms with Crippen molar-refractivity contribution in [2.24, 2.45) is 11.3 Å². The van der Waals surface area contributed by atoms with Crippen LogP contribution < -0.4 is 10.1 Å². The van der Waals surface area contributed by atoms with E-state index in [0.29, 0.717) is 23.7 Å². The first kappa shape index (κ1) is 27.6. The molecule has 0 fully saturated rings. The van der Waals surface area contributed by atoms with Crippen molar-refractivity contribution in [1.82, 2.24) is 15.1 Å². The van der Waals surface area contributed by atoms with Crippen LogP contribution in [0.5, 0.6) is 5.88 Å². The summed E-state index contributed by atoms with van der Waals surface area (Å²) in [5.41, 5.74) is 2.36. The Labute approximate surface area is 218 Å². The zero-order valence-corrected chi connectivity index (χ0v) is 23.0. The number of nitrogens with one attached hydrogen (secondary N) is 1. The molecule has 1 unspecified atom stereocenters. The monoisotopic (exact) mass is 511 g/mol. The van der Waals surface area contributed by atoms with Gasteiger partial charge in [0.15, 0.2) is 5.69 Å². The number of carbonyl (C=O) groups is 2. The number of amides is 1. The summed E-state index contributed by atoms with van der Waals surface area (Å²) >= 11 is 1.28. The smallest absolute Gasteiger partial charge is 0.319 e. The molecule has 1 amide bonds. The van der Waals surface area contributed by atoms with Crippen LogP contribution in [0.25, 0.3) is 5.69 Å². The molecule has 3 rings (SSSR count). The number of unbranched alkanes of at least 4 members (excludes halogenated alkanes) is 1. The molecule has 0 spiro atoms. The molecular formula is C28H37N3O4S. The van der Waals surface area contributed by atoms with Crippen molar-refractivity contribution in [3.63, 3.8) is 0 Å². The molecule has 2 N–H and O–H groups in total. The summed E-state index contributed by atoms with van der Waals surface area (Å²) in [6, 6.07) is 7.45. The largest absolute Gasteiger partial charge is 0.480 e. The van der Waals surface area contributed by atoms with Gasteiger partial charge in [-0.05, 0) is 63.5 Å². The molecule has 1 atom stereocenters. The first-order valence-electron chi connectivity index (χ1n) is 12.3. The van der Waals surface area contributed by atoms with Crippen molar-refractivity contribution < 1.29 is 19.4 Å². The highest BCUT2D eigenvalue weighted by Gasteiger charge is 2.33. The third-order valence-electron chi connectivity index (χ3n) is 6.73. The van der Waals surface area contributed by atoms with Gasteiger partial charge in [-0.15, -0.1) is 11.8 Å². The summed E-state index contributed by atoms with van der Waals surface area (Å²) < 4.78 is 6.80. The third-order valence-corrected chi connectivity index (χ3v) is 7.93. The number of aromatic nitrogens is 2. The van der Waals surface area contributed by atoms with Crippen LogP contribution in [0.15, 0.2) is 53.1 Å². The second-order valence-electron chi connectivity index (χ2n) is 10.2. The van der Waals surface area contributed by atoms with Crippen LogP contribution in [-0.2, 0) is 4.79 Å². The van der Waals surface area contributed by atoms with E-state index in [1.165, 1.54) is 11.8 Å². The van der Waals surface area contributed by atoms with Crippen LogP contribution in [0.1, 0.15) is 70.4 Å². The van der Waals surface area contributed by atoms with Gasteiger partial charge in [0.05, 0.1) is 12.3 Å². The lowest BCUT2D eigenvalue weighted by molar-refractivity contribution is -0.138. The maximum atomic E-state index is 13.4. The Kier molecular flexibility index (Phi) is 8.39. The molecule has 0 bridgehead atoms. The lowest BCUT2D eigenvalue weighted by atomic mass is 9.74. The molecule has 1 aromatic heterocycles. The Bertz CT molecular complexity index is 1180. The molecule has 1 heterocycles. The van der Waals surface area contributed by atoms with Gasteiger partial charge >= 0.3 is 5.97 Å². The molecule has 1 aromatic carbocycles. The number of rotatable bonds is 10. The van der Waals surface area contributed by atoms with Crippen molar-refractivity contribution in [2.75, 3.05) is 6.61 Å². The summed E-state index contributed by atoms with van der Waals surface area (Å²) in [6.07, 6.45) is 7.92. The lowest BCUT2D eigenvalue weighted by Crippen LogP contribution is -2.36. The van der Waals surface area contributed by atoms with Gasteiger partial charge in [0.25, 0.3) is 5.91 Å². The number of thioether (sulfide) groups is 1. The molecule has 0 saturated heterocycles. The Morgan fingerprint density at radius 1 is 1.25 bits per heavy atom. The first-order chi connectivity index (χ1) is 16.9. The number of hydrogen-bond donors (Lipinski definition) is 2. The minimum absolute atomic E-state index is 0.210. The Balaban J connectivity index is 1.93. The maximum absolute atomic E-state index is 13.4. The minimum Gasteiger partial charge on any atom is -0.480 e. The molecule has 0 aliphatic heterocycles. The number of carbonyl (C=O) groups excluding carboxylic acids is 1. The van der Waals surface area contributed by atoms with E-state index in [0.717, 1.165) is 29.1 Å². The van der Waals surface area contributed by atoms with Crippen LogP contribution >= 0.6 is 11.8 Å². The number of carboxylic acid groups (broad SMARTS) is 1. The van der Waals surface area contributed by atoms with Crippen molar-refractivity contribution in [3.05, 3.63) is 59.4 Å². The van der Waals surface area contributed by atoms with Crippen molar-refractivity contribution in [3.8, 4) is 11.6 Å². The molecule has 0 radical (unpaired) electrons. The molecular weight excluding hydrogens is 474 g/mol. The average molecular weight is 512 g/mol. The van der Waals surface area contributed by atoms with Gasteiger partial charge in [-0.3, -0.25) is 9.59 Å². The summed E-state index contributed by atoms with van der Waals surface area (Å²) in [5.74, 6) is -0.330.